The van der Waals surface area contributed by atoms with Crippen LogP contribution in [0.25, 0.3) is 0 Å². The molecule has 1 fully saturated rings. The van der Waals surface area contributed by atoms with Gasteiger partial charge in [0.25, 0.3) is 0 Å². The third kappa shape index (κ3) is 8.14. The summed E-state index contributed by atoms with van der Waals surface area (Å²) < 4.78 is 6.45. The first-order chi connectivity index (χ1) is 19.1. The van der Waals surface area contributed by atoms with Gasteiger partial charge in [0.05, 0.1) is 12.2 Å². The second-order valence-corrected chi connectivity index (χ2v) is 10.7. The number of amides is 2. The number of ether oxygens (including phenoxy) is 1. The number of anilines is 2. The molecule has 0 saturated carbocycles. The minimum atomic E-state index is -0.0838. The Hall–Kier alpha value is -3.20. The van der Waals surface area contributed by atoms with Crippen molar-refractivity contribution < 1.29 is 14.3 Å². The van der Waals surface area contributed by atoms with Gasteiger partial charge in [-0.05, 0) is 61.6 Å². The van der Waals surface area contributed by atoms with Gasteiger partial charge in [-0.3, -0.25) is 14.5 Å². The summed E-state index contributed by atoms with van der Waals surface area (Å²) in [5, 5.41) is 8.52. The van der Waals surface area contributed by atoms with Crippen LogP contribution in [-0.2, 0) is 9.59 Å². The van der Waals surface area contributed by atoms with Gasteiger partial charge in [-0.15, -0.1) is 11.3 Å². The van der Waals surface area contributed by atoms with Crippen molar-refractivity contribution >= 4 is 34.5 Å². The SMILES string of the molecule is CCNCC[C@@H](Oc1ccccc1NC(=O)CN1CCC(N(C(=O)CC)c2ccccc2)CC1)c1cccs1. The molecule has 0 radical (unpaired) electrons. The second kappa shape index (κ2) is 14.8. The lowest BCUT2D eigenvalue weighted by Gasteiger charge is -2.38. The zero-order valence-corrected chi connectivity index (χ0v) is 23.8. The average molecular weight is 549 g/mol. The topological polar surface area (TPSA) is 73.9 Å². The number of carbonyl (C=O) groups is 2. The van der Waals surface area contributed by atoms with E-state index in [2.05, 4.69) is 33.9 Å². The first-order valence-electron chi connectivity index (χ1n) is 14.0. The second-order valence-electron chi connectivity index (χ2n) is 9.77. The highest BCUT2D eigenvalue weighted by Gasteiger charge is 2.29. The van der Waals surface area contributed by atoms with E-state index in [4.69, 9.17) is 4.74 Å². The molecule has 2 amide bonds. The Labute approximate surface area is 236 Å². The van der Waals surface area contributed by atoms with Crippen molar-refractivity contribution in [3.63, 3.8) is 0 Å². The first kappa shape index (κ1) is 28.8. The lowest BCUT2D eigenvalue weighted by atomic mass is 10.0. The van der Waals surface area contributed by atoms with Gasteiger partial charge >= 0.3 is 0 Å². The van der Waals surface area contributed by atoms with Crippen LogP contribution >= 0.6 is 11.3 Å². The molecule has 208 valence electrons. The summed E-state index contributed by atoms with van der Waals surface area (Å²) in [6.45, 7) is 7.61. The summed E-state index contributed by atoms with van der Waals surface area (Å²) in [5.41, 5.74) is 1.63. The van der Waals surface area contributed by atoms with Crippen molar-refractivity contribution in [1.29, 1.82) is 0 Å². The predicted molar refractivity (Wildman–Crippen MR) is 160 cm³/mol. The molecule has 4 rings (SSSR count). The third-order valence-corrected chi connectivity index (χ3v) is 7.98. The van der Waals surface area contributed by atoms with E-state index in [1.54, 1.807) is 11.3 Å². The number of rotatable bonds is 13. The smallest absolute Gasteiger partial charge is 0.238 e. The summed E-state index contributed by atoms with van der Waals surface area (Å²) in [6, 6.07) is 21.8. The van der Waals surface area contributed by atoms with Crippen LogP contribution in [0.1, 0.15) is 50.5 Å². The number of piperidine rings is 1. The molecule has 2 aromatic carbocycles. The van der Waals surface area contributed by atoms with Crippen molar-refractivity contribution in [3.05, 3.63) is 77.0 Å². The van der Waals surface area contributed by atoms with Crippen molar-refractivity contribution in [2.75, 3.05) is 42.9 Å². The molecule has 1 aliphatic heterocycles. The van der Waals surface area contributed by atoms with Gasteiger partial charge in [0.1, 0.15) is 11.9 Å². The average Bonchev–Trinajstić information content (AvgIpc) is 3.50. The molecule has 39 heavy (non-hydrogen) atoms. The number of hydrogen-bond donors (Lipinski definition) is 2. The van der Waals surface area contributed by atoms with Crippen molar-refractivity contribution in [2.45, 2.75) is 51.7 Å². The summed E-state index contributed by atoms with van der Waals surface area (Å²) in [4.78, 5) is 31.1. The number of thiophene rings is 1. The number of nitrogens with zero attached hydrogens (tertiary/aromatic N) is 2. The maximum Gasteiger partial charge on any atom is 0.238 e. The van der Waals surface area contributed by atoms with E-state index >= 15 is 0 Å². The lowest BCUT2D eigenvalue weighted by Crippen LogP contribution is -2.48. The van der Waals surface area contributed by atoms with E-state index in [1.807, 2.05) is 72.5 Å². The monoisotopic (exact) mass is 548 g/mol. The zero-order valence-electron chi connectivity index (χ0n) is 23.0. The van der Waals surface area contributed by atoms with Gasteiger partial charge in [0.2, 0.25) is 11.8 Å². The molecule has 7 nitrogen and oxygen atoms in total. The molecule has 0 unspecified atom stereocenters. The molecular formula is C31H40N4O3S. The van der Waals surface area contributed by atoms with E-state index in [-0.39, 0.29) is 24.0 Å². The highest BCUT2D eigenvalue weighted by molar-refractivity contribution is 7.10. The maximum absolute atomic E-state index is 13.1. The molecule has 1 aliphatic rings. The van der Waals surface area contributed by atoms with Crippen LogP contribution in [0.15, 0.2) is 72.1 Å². The highest BCUT2D eigenvalue weighted by atomic mass is 32.1. The molecule has 0 aliphatic carbocycles. The third-order valence-electron chi connectivity index (χ3n) is 7.02. The van der Waals surface area contributed by atoms with Crippen LogP contribution in [-0.4, -0.2) is 55.5 Å². The molecule has 2 heterocycles. The fourth-order valence-electron chi connectivity index (χ4n) is 5.02. The summed E-state index contributed by atoms with van der Waals surface area (Å²) >= 11 is 1.68. The fraction of sp³-hybridized carbons (Fsp3) is 0.419. The predicted octanol–water partition coefficient (Wildman–Crippen LogP) is 5.71. The minimum absolute atomic E-state index is 0.0608. The van der Waals surface area contributed by atoms with Crippen LogP contribution in [0.5, 0.6) is 5.75 Å². The Kier molecular flexibility index (Phi) is 10.9. The number of nitrogens with one attached hydrogen (secondary N) is 2. The van der Waals surface area contributed by atoms with Crippen molar-refractivity contribution in [2.24, 2.45) is 0 Å². The van der Waals surface area contributed by atoms with Gasteiger partial charge in [0.15, 0.2) is 0 Å². The first-order valence-corrected chi connectivity index (χ1v) is 14.9. The van der Waals surface area contributed by atoms with E-state index in [0.717, 1.165) is 51.1 Å². The van der Waals surface area contributed by atoms with Gasteiger partial charge in [-0.2, -0.15) is 0 Å². The fourth-order valence-corrected chi connectivity index (χ4v) is 5.80. The molecule has 3 aromatic rings. The summed E-state index contributed by atoms with van der Waals surface area (Å²) in [5.74, 6) is 0.755. The molecular weight excluding hydrogens is 508 g/mol. The molecule has 1 aromatic heterocycles. The van der Waals surface area contributed by atoms with E-state index in [0.29, 0.717) is 24.4 Å². The molecule has 8 heteroatoms. The number of carbonyl (C=O) groups excluding carboxylic acids is 2. The van der Waals surface area contributed by atoms with Crippen molar-refractivity contribution in [1.82, 2.24) is 10.2 Å². The van der Waals surface area contributed by atoms with Gasteiger partial charge < -0.3 is 20.3 Å². The number of likely N-dealkylation sites (tertiary alicyclic amines) is 1. The molecule has 1 atom stereocenters. The molecule has 1 saturated heterocycles. The van der Waals surface area contributed by atoms with Crippen molar-refractivity contribution in [3.8, 4) is 5.75 Å². The zero-order chi connectivity index (χ0) is 27.5. The normalized spacial score (nSPS) is 15.0. The van der Waals surface area contributed by atoms with E-state index in [9.17, 15) is 9.59 Å². The number of hydrogen-bond acceptors (Lipinski definition) is 6. The largest absolute Gasteiger partial charge is 0.483 e. The Morgan fingerprint density at radius 2 is 1.77 bits per heavy atom. The highest BCUT2D eigenvalue weighted by Crippen LogP contribution is 2.32. The summed E-state index contributed by atoms with van der Waals surface area (Å²) in [6.07, 6.45) is 2.90. The van der Waals surface area contributed by atoms with E-state index in [1.165, 1.54) is 4.88 Å². The minimum Gasteiger partial charge on any atom is -0.483 e. The van der Waals surface area contributed by atoms with Gasteiger partial charge in [-0.25, -0.2) is 0 Å². The summed E-state index contributed by atoms with van der Waals surface area (Å²) in [7, 11) is 0. The van der Waals surface area contributed by atoms with E-state index < -0.39 is 0 Å². The Morgan fingerprint density at radius 1 is 1.03 bits per heavy atom. The standard InChI is InChI=1S/C31H40N4O3S/c1-3-31(37)35(24-11-6-5-7-12-24)25-17-20-34(21-18-25)23-30(36)33-26-13-8-9-14-27(26)38-28(16-19-32-4-2)29-15-10-22-39-29/h5-15,22,25,28,32H,3-4,16-21,23H2,1-2H3,(H,33,36)/t28-/m1/s1. The van der Waals surface area contributed by atoms with Crippen LogP contribution < -0.4 is 20.3 Å². The maximum atomic E-state index is 13.1. The number of para-hydroxylation sites is 3. The van der Waals surface area contributed by atoms with Crippen LogP contribution in [0, 0.1) is 0 Å². The van der Waals surface area contributed by atoms with Gasteiger partial charge in [-0.1, -0.05) is 50.2 Å². The molecule has 2 N–H and O–H groups in total. The molecule has 0 spiro atoms. The Balaban J connectivity index is 1.34. The number of benzene rings is 2. The van der Waals surface area contributed by atoms with Gasteiger partial charge in [0, 0.05) is 42.5 Å². The molecule has 0 bridgehead atoms. The Bertz CT molecular complexity index is 1160. The van der Waals surface area contributed by atoms with Crippen LogP contribution in [0.2, 0.25) is 0 Å². The Morgan fingerprint density at radius 3 is 2.46 bits per heavy atom. The van der Waals surface area contributed by atoms with Crippen LogP contribution in [0.4, 0.5) is 11.4 Å². The van der Waals surface area contributed by atoms with Crippen LogP contribution in [0.3, 0.4) is 0 Å². The lowest BCUT2D eigenvalue weighted by molar-refractivity contribution is -0.120. The quantitative estimate of drug-likeness (QED) is 0.268.